The van der Waals surface area contributed by atoms with E-state index >= 15 is 0 Å². The molecule has 1 atom stereocenters. The minimum atomic E-state index is -0.644. The number of amidine groups is 1. The summed E-state index contributed by atoms with van der Waals surface area (Å²) >= 11 is 0. The second kappa shape index (κ2) is 5.85. The molecule has 1 aliphatic rings. The fourth-order valence-corrected chi connectivity index (χ4v) is 2.39. The number of ether oxygens (including phenoxy) is 2. The third-order valence-electron chi connectivity index (χ3n) is 3.42. The summed E-state index contributed by atoms with van der Waals surface area (Å²) in [6, 6.07) is 8.42. The van der Waals surface area contributed by atoms with Crippen molar-refractivity contribution in [3.63, 3.8) is 0 Å². The zero-order valence-electron chi connectivity index (χ0n) is 12.2. The molecular weight excluding hydrogens is 282 g/mol. The van der Waals surface area contributed by atoms with Crippen molar-refractivity contribution < 1.29 is 14.3 Å². The number of pyridine rings is 1. The molecule has 0 spiro atoms. The van der Waals surface area contributed by atoms with Crippen LogP contribution in [0.25, 0.3) is 0 Å². The van der Waals surface area contributed by atoms with Crippen molar-refractivity contribution in [1.82, 2.24) is 4.98 Å². The molecule has 1 N–H and O–H groups in total. The predicted octanol–water partition coefficient (Wildman–Crippen LogP) is 2.21. The first-order valence-electron chi connectivity index (χ1n) is 6.74. The summed E-state index contributed by atoms with van der Waals surface area (Å²) in [5.74, 6) is 1.73. The van der Waals surface area contributed by atoms with Gasteiger partial charge in [0.05, 0.1) is 19.9 Å². The Hall–Kier alpha value is -2.89. The van der Waals surface area contributed by atoms with Gasteiger partial charge in [-0.25, -0.2) is 0 Å². The van der Waals surface area contributed by atoms with E-state index in [1.54, 1.807) is 26.5 Å². The molecule has 2 heterocycles. The number of carbonyl (C=O) groups is 1. The molecule has 1 unspecified atom stereocenters. The average molecular weight is 297 g/mol. The quantitative estimate of drug-likeness (QED) is 0.876. The number of hydrogen-bond acceptors (Lipinski definition) is 6. The Bertz CT molecular complexity index is 729. The maximum Gasteiger partial charge on any atom is 0.152 e. The van der Waals surface area contributed by atoms with Gasteiger partial charge in [0, 0.05) is 23.9 Å². The van der Waals surface area contributed by atoms with Crippen molar-refractivity contribution in [2.24, 2.45) is 4.99 Å². The van der Waals surface area contributed by atoms with Crippen molar-refractivity contribution >= 4 is 17.8 Å². The second-order valence-corrected chi connectivity index (χ2v) is 4.69. The molecule has 22 heavy (non-hydrogen) atoms. The summed E-state index contributed by atoms with van der Waals surface area (Å²) in [7, 11) is 3.13. The zero-order valence-corrected chi connectivity index (χ0v) is 12.2. The molecule has 0 amide bonds. The molecule has 6 heteroatoms. The fraction of sp³-hybridized carbons (Fsp3) is 0.188. The number of carbonyl (C=O) groups excluding carboxylic acids is 1. The van der Waals surface area contributed by atoms with E-state index in [2.05, 4.69) is 15.3 Å². The van der Waals surface area contributed by atoms with Gasteiger partial charge in [0.2, 0.25) is 0 Å². The molecule has 0 fully saturated rings. The highest BCUT2D eigenvalue weighted by Crippen LogP contribution is 2.40. The Labute approximate surface area is 127 Å². The minimum absolute atomic E-state index is 0.542. The Morgan fingerprint density at radius 3 is 2.73 bits per heavy atom. The van der Waals surface area contributed by atoms with Crippen LogP contribution in [0.1, 0.15) is 17.3 Å². The summed E-state index contributed by atoms with van der Waals surface area (Å²) in [5.41, 5.74) is 2.09. The molecule has 3 rings (SSSR count). The molecule has 1 aliphatic heterocycles. The first-order valence-corrected chi connectivity index (χ1v) is 6.74. The number of aldehydes is 1. The minimum Gasteiger partial charge on any atom is -0.497 e. The highest BCUT2D eigenvalue weighted by molar-refractivity contribution is 6.10. The lowest BCUT2D eigenvalue weighted by Gasteiger charge is -2.24. The molecule has 112 valence electrons. The van der Waals surface area contributed by atoms with E-state index in [0.29, 0.717) is 28.6 Å². The van der Waals surface area contributed by atoms with Gasteiger partial charge in [0.15, 0.2) is 5.84 Å². The van der Waals surface area contributed by atoms with Crippen LogP contribution in [0.2, 0.25) is 0 Å². The number of aliphatic imine (C=N–C) groups is 1. The lowest BCUT2D eigenvalue weighted by Crippen LogP contribution is -2.23. The molecule has 1 aromatic heterocycles. The number of hydrogen-bond donors (Lipinski definition) is 1. The van der Waals surface area contributed by atoms with Gasteiger partial charge in [-0.15, -0.1) is 0 Å². The van der Waals surface area contributed by atoms with Crippen LogP contribution in [0, 0.1) is 0 Å². The summed E-state index contributed by atoms with van der Waals surface area (Å²) < 4.78 is 10.6. The van der Waals surface area contributed by atoms with Gasteiger partial charge < -0.3 is 19.6 Å². The number of rotatable bonds is 4. The van der Waals surface area contributed by atoms with Crippen molar-refractivity contribution in [3.8, 4) is 11.5 Å². The Morgan fingerprint density at radius 1 is 1.23 bits per heavy atom. The maximum atomic E-state index is 11.5. The molecule has 0 radical (unpaired) electrons. The number of methoxy groups -OCH3 is 2. The van der Waals surface area contributed by atoms with Crippen LogP contribution in [0.3, 0.4) is 0 Å². The first-order chi connectivity index (χ1) is 10.8. The summed E-state index contributed by atoms with van der Waals surface area (Å²) in [6.07, 6.45) is 2.47. The Kier molecular flexibility index (Phi) is 3.74. The Morgan fingerprint density at radius 2 is 2.09 bits per heavy atom. The van der Waals surface area contributed by atoms with E-state index in [1.165, 1.54) is 0 Å². The third kappa shape index (κ3) is 2.39. The lowest BCUT2D eigenvalue weighted by atomic mass is 10.0. The van der Waals surface area contributed by atoms with Crippen LogP contribution in [0.15, 0.2) is 41.5 Å². The second-order valence-electron chi connectivity index (χ2n) is 4.69. The molecule has 2 aromatic rings. The monoisotopic (exact) mass is 297 g/mol. The first kappa shape index (κ1) is 14.1. The van der Waals surface area contributed by atoms with Gasteiger partial charge in [-0.2, -0.15) is 0 Å². The maximum absolute atomic E-state index is 11.5. The number of anilines is 1. The van der Waals surface area contributed by atoms with Crippen LogP contribution >= 0.6 is 0 Å². The van der Waals surface area contributed by atoms with Gasteiger partial charge in [-0.1, -0.05) is 6.07 Å². The van der Waals surface area contributed by atoms with Crippen LogP contribution in [-0.4, -0.2) is 31.3 Å². The lowest BCUT2D eigenvalue weighted by molar-refractivity contribution is -0.108. The van der Waals surface area contributed by atoms with Gasteiger partial charge >= 0.3 is 0 Å². The molecule has 0 aliphatic carbocycles. The summed E-state index contributed by atoms with van der Waals surface area (Å²) in [5, 5.41) is 3.20. The largest absolute Gasteiger partial charge is 0.497 e. The smallest absolute Gasteiger partial charge is 0.152 e. The van der Waals surface area contributed by atoms with Crippen molar-refractivity contribution in [1.29, 1.82) is 0 Å². The number of aromatic nitrogens is 1. The average Bonchev–Trinajstić information content (AvgIpc) is 2.60. The van der Waals surface area contributed by atoms with E-state index in [9.17, 15) is 4.79 Å². The van der Waals surface area contributed by atoms with Crippen LogP contribution < -0.4 is 14.8 Å². The van der Waals surface area contributed by atoms with E-state index in [-0.39, 0.29) is 0 Å². The SMILES string of the molecule is COc1cc2c(c(OC)c1)C(C=O)N=C(c1ccccn1)N2. The van der Waals surface area contributed by atoms with Gasteiger partial charge in [0.25, 0.3) is 0 Å². The fourth-order valence-electron chi connectivity index (χ4n) is 2.39. The van der Waals surface area contributed by atoms with Crippen molar-refractivity contribution in [2.75, 3.05) is 19.5 Å². The van der Waals surface area contributed by atoms with Crippen LogP contribution in [0.4, 0.5) is 5.69 Å². The van der Waals surface area contributed by atoms with E-state index in [4.69, 9.17) is 9.47 Å². The molecule has 0 saturated heterocycles. The molecule has 0 bridgehead atoms. The van der Waals surface area contributed by atoms with Crippen LogP contribution in [0.5, 0.6) is 11.5 Å². The van der Waals surface area contributed by atoms with E-state index in [0.717, 1.165) is 12.0 Å². The Balaban J connectivity index is 2.11. The zero-order chi connectivity index (χ0) is 15.5. The van der Waals surface area contributed by atoms with Crippen LogP contribution in [-0.2, 0) is 4.79 Å². The van der Waals surface area contributed by atoms with Crippen molar-refractivity contribution in [2.45, 2.75) is 6.04 Å². The molecule has 1 aromatic carbocycles. The standard InChI is InChI=1S/C16H15N3O3/c1-21-10-7-12-15(14(8-10)22-2)13(9-20)19-16(18-12)11-5-3-4-6-17-11/h3-9,13H,1-2H3,(H,18,19). The molecular formula is C16H15N3O3. The van der Waals surface area contributed by atoms with Gasteiger partial charge in [-0.3, -0.25) is 9.98 Å². The summed E-state index contributed by atoms with van der Waals surface area (Å²) in [6.45, 7) is 0. The molecule has 6 nitrogen and oxygen atoms in total. The van der Waals surface area contributed by atoms with E-state index < -0.39 is 6.04 Å². The highest BCUT2D eigenvalue weighted by Gasteiger charge is 2.26. The topological polar surface area (TPSA) is 72.8 Å². The third-order valence-corrected chi connectivity index (χ3v) is 3.42. The normalized spacial score (nSPS) is 16.1. The summed E-state index contributed by atoms with van der Waals surface area (Å²) in [4.78, 5) is 20.2. The highest BCUT2D eigenvalue weighted by atomic mass is 16.5. The van der Waals surface area contributed by atoms with E-state index in [1.807, 2.05) is 24.3 Å². The molecule has 0 saturated carbocycles. The number of nitrogens with zero attached hydrogens (tertiary/aromatic N) is 2. The number of benzene rings is 1. The van der Waals surface area contributed by atoms with Gasteiger partial charge in [-0.05, 0) is 12.1 Å². The van der Waals surface area contributed by atoms with Crippen molar-refractivity contribution in [3.05, 3.63) is 47.8 Å². The predicted molar refractivity (Wildman–Crippen MR) is 82.7 cm³/mol. The van der Waals surface area contributed by atoms with Gasteiger partial charge in [0.1, 0.15) is 29.5 Å². The number of fused-ring (bicyclic) bond motifs is 1. The number of nitrogens with one attached hydrogen (secondary N) is 1.